The summed E-state index contributed by atoms with van der Waals surface area (Å²) in [6, 6.07) is 1.22. The van der Waals surface area contributed by atoms with Crippen molar-refractivity contribution in [3.8, 4) is 0 Å². The number of hydrogen-bond acceptors (Lipinski definition) is 3. The third kappa shape index (κ3) is 4.60. The highest BCUT2D eigenvalue weighted by Crippen LogP contribution is 2.32. The van der Waals surface area contributed by atoms with Crippen LogP contribution >= 0.6 is 0 Å². The maximum atomic E-state index is 12.0. The first-order valence-corrected chi connectivity index (χ1v) is 8.50. The van der Waals surface area contributed by atoms with E-state index in [0.29, 0.717) is 12.1 Å². The van der Waals surface area contributed by atoms with Crippen LogP contribution in [0.25, 0.3) is 0 Å². The Labute approximate surface area is 129 Å². The van der Waals surface area contributed by atoms with Crippen LogP contribution in [0.3, 0.4) is 0 Å². The second-order valence-electron chi connectivity index (χ2n) is 7.93. The Bertz CT molecular complexity index is 356. The number of nitrogens with zero attached hydrogens (tertiary/aromatic N) is 1. The molecule has 0 spiro atoms. The van der Waals surface area contributed by atoms with Gasteiger partial charge in [0.25, 0.3) is 0 Å². The lowest BCUT2D eigenvalue weighted by molar-refractivity contribution is 0.0194. The first-order valence-electron chi connectivity index (χ1n) is 8.50. The van der Waals surface area contributed by atoms with Crippen LogP contribution in [0.1, 0.15) is 60.3 Å². The van der Waals surface area contributed by atoms with E-state index in [1.54, 1.807) is 0 Å². The molecule has 1 saturated heterocycles. The second kappa shape index (κ2) is 6.55. The number of piperidine rings is 1. The number of carbonyl (C=O) groups is 1. The van der Waals surface area contributed by atoms with Gasteiger partial charge in [-0.3, -0.25) is 0 Å². The monoisotopic (exact) mass is 296 g/mol. The van der Waals surface area contributed by atoms with Crippen molar-refractivity contribution in [3.05, 3.63) is 0 Å². The van der Waals surface area contributed by atoms with E-state index in [9.17, 15) is 4.79 Å². The summed E-state index contributed by atoms with van der Waals surface area (Å²) in [5, 5.41) is 3.83. The lowest BCUT2D eigenvalue weighted by atomic mass is 9.96. The van der Waals surface area contributed by atoms with E-state index in [0.717, 1.165) is 37.8 Å². The number of carbonyl (C=O) groups excluding carboxylic acids is 1. The lowest BCUT2D eigenvalue weighted by Gasteiger charge is -2.35. The van der Waals surface area contributed by atoms with Crippen molar-refractivity contribution in [3.63, 3.8) is 0 Å². The van der Waals surface area contributed by atoms with Gasteiger partial charge in [-0.25, -0.2) is 4.79 Å². The minimum atomic E-state index is -0.401. The maximum absolute atomic E-state index is 12.0. The fourth-order valence-electron chi connectivity index (χ4n) is 3.46. The first kappa shape index (κ1) is 16.6. The van der Waals surface area contributed by atoms with Gasteiger partial charge in [-0.1, -0.05) is 13.8 Å². The molecule has 2 aliphatic rings. The molecule has 3 unspecified atom stereocenters. The minimum absolute atomic E-state index is 0.163. The smallest absolute Gasteiger partial charge is 0.410 e. The molecular weight excluding hydrogens is 264 g/mol. The number of ether oxygens (including phenoxy) is 1. The fraction of sp³-hybridized carbons (Fsp3) is 0.941. The summed E-state index contributed by atoms with van der Waals surface area (Å²) < 4.78 is 5.44. The van der Waals surface area contributed by atoms with Crippen LogP contribution in [0.5, 0.6) is 0 Å². The Kier molecular flexibility index (Phi) is 5.18. The van der Waals surface area contributed by atoms with Crippen molar-refractivity contribution in [2.24, 2.45) is 11.8 Å². The molecule has 1 saturated carbocycles. The zero-order chi connectivity index (χ0) is 15.6. The largest absolute Gasteiger partial charge is 0.444 e. The summed E-state index contributed by atoms with van der Waals surface area (Å²) in [6.45, 7) is 12.1. The number of rotatable bonds is 2. The van der Waals surface area contributed by atoms with Crippen LogP contribution in [0.2, 0.25) is 0 Å². The van der Waals surface area contributed by atoms with Crippen LogP contribution in [-0.4, -0.2) is 41.8 Å². The van der Waals surface area contributed by atoms with E-state index in [1.165, 1.54) is 12.8 Å². The van der Waals surface area contributed by atoms with Gasteiger partial charge in [0.2, 0.25) is 0 Å². The average molecular weight is 296 g/mol. The zero-order valence-electron chi connectivity index (χ0n) is 14.3. The van der Waals surface area contributed by atoms with E-state index in [-0.39, 0.29) is 6.09 Å². The van der Waals surface area contributed by atoms with Crippen LogP contribution < -0.4 is 5.32 Å². The molecule has 1 aliphatic heterocycles. The molecule has 1 amide bonds. The predicted molar refractivity (Wildman–Crippen MR) is 85.3 cm³/mol. The van der Waals surface area contributed by atoms with Gasteiger partial charge >= 0.3 is 6.09 Å². The van der Waals surface area contributed by atoms with E-state index in [1.807, 2.05) is 25.7 Å². The van der Waals surface area contributed by atoms with Gasteiger partial charge in [-0.2, -0.15) is 0 Å². The highest BCUT2D eigenvalue weighted by Gasteiger charge is 2.33. The molecule has 122 valence electrons. The number of hydrogen-bond donors (Lipinski definition) is 1. The highest BCUT2D eigenvalue weighted by molar-refractivity contribution is 5.68. The SMILES string of the molecule is CC1CCC(NC2CCN(C(=O)OC(C)(C)C)CC2)C1C. The van der Waals surface area contributed by atoms with Gasteiger partial charge in [0, 0.05) is 25.2 Å². The van der Waals surface area contributed by atoms with Crippen molar-refractivity contribution >= 4 is 6.09 Å². The van der Waals surface area contributed by atoms with Crippen molar-refractivity contribution in [2.45, 2.75) is 78.0 Å². The topological polar surface area (TPSA) is 41.6 Å². The lowest BCUT2D eigenvalue weighted by Crippen LogP contribution is -2.49. The quantitative estimate of drug-likeness (QED) is 0.849. The van der Waals surface area contributed by atoms with Crippen molar-refractivity contribution in [1.29, 1.82) is 0 Å². The maximum Gasteiger partial charge on any atom is 0.410 e. The molecule has 4 heteroatoms. The Morgan fingerprint density at radius 1 is 1.10 bits per heavy atom. The molecule has 2 fully saturated rings. The van der Waals surface area contributed by atoms with Gasteiger partial charge in [0.15, 0.2) is 0 Å². The van der Waals surface area contributed by atoms with Gasteiger partial charge in [0.1, 0.15) is 5.60 Å². The predicted octanol–water partition coefficient (Wildman–Crippen LogP) is 3.41. The molecule has 4 nitrogen and oxygen atoms in total. The fourth-order valence-corrected chi connectivity index (χ4v) is 3.46. The van der Waals surface area contributed by atoms with Gasteiger partial charge in [0.05, 0.1) is 0 Å². The number of nitrogens with one attached hydrogen (secondary N) is 1. The number of likely N-dealkylation sites (tertiary alicyclic amines) is 1. The van der Waals surface area contributed by atoms with Gasteiger partial charge in [-0.05, 0) is 58.3 Å². The van der Waals surface area contributed by atoms with Crippen molar-refractivity contribution in [1.82, 2.24) is 10.2 Å². The van der Waals surface area contributed by atoms with Gasteiger partial charge < -0.3 is 15.0 Å². The van der Waals surface area contributed by atoms with E-state index in [4.69, 9.17) is 4.74 Å². The molecule has 2 rings (SSSR count). The van der Waals surface area contributed by atoms with Crippen molar-refractivity contribution in [2.75, 3.05) is 13.1 Å². The normalized spacial score (nSPS) is 31.5. The van der Waals surface area contributed by atoms with Crippen molar-refractivity contribution < 1.29 is 9.53 Å². The summed E-state index contributed by atoms with van der Waals surface area (Å²) in [4.78, 5) is 13.9. The average Bonchev–Trinajstić information content (AvgIpc) is 2.69. The third-order valence-corrected chi connectivity index (χ3v) is 5.06. The molecular formula is C17H32N2O2. The standard InChI is InChI=1S/C17H32N2O2/c1-12-6-7-15(13(12)2)18-14-8-10-19(11-9-14)16(20)21-17(3,4)5/h12-15,18H,6-11H2,1-5H3. The second-order valence-corrected chi connectivity index (χ2v) is 7.93. The van der Waals surface area contributed by atoms with Crippen LogP contribution in [-0.2, 0) is 4.74 Å². The van der Waals surface area contributed by atoms with E-state index < -0.39 is 5.60 Å². The first-order chi connectivity index (χ1) is 9.76. The molecule has 1 heterocycles. The molecule has 0 radical (unpaired) electrons. The van der Waals surface area contributed by atoms with E-state index in [2.05, 4.69) is 19.2 Å². The molecule has 0 aromatic heterocycles. The molecule has 3 atom stereocenters. The molecule has 1 N–H and O–H groups in total. The highest BCUT2D eigenvalue weighted by atomic mass is 16.6. The van der Waals surface area contributed by atoms with Crippen LogP contribution in [0.15, 0.2) is 0 Å². The molecule has 0 aromatic rings. The molecule has 0 bridgehead atoms. The van der Waals surface area contributed by atoms with Crippen LogP contribution in [0, 0.1) is 11.8 Å². The number of amides is 1. The Morgan fingerprint density at radius 3 is 2.19 bits per heavy atom. The molecule has 1 aliphatic carbocycles. The zero-order valence-corrected chi connectivity index (χ0v) is 14.3. The Hall–Kier alpha value is -0.770. The summed E-state index contributed by atoms with van der Waals surface area (Å²) >= 11 is 0. The van der Waals surface area contributed by atoms with Gasteiger partial charge in [-0.15, -0.1) is 0 Å². The summed E-state index contributed by atoms with van der Waals surface area (Å²) in [7, 11) is 0. The molecule has 0 aromatic carbocycles. The van der Waals surface area contributed by atoms with E-state index >= 15 is 0 Å². The molecule has 21 heavy (non-hydrogen) atoms. The summed E-state index contributed by atoms with van der Waals surface area (Å²) in [5.74, 6) is 1.61. The summed E-state index contributed by atoms with van der Waals surface area (Å²) in [5.41, 5.74) is -0.401. The van der Waals surface area contributed by atoms with Crippen LogP contribution in [0.4, 0.5) is 4.79 Å². The minimum Gasteiger partial charge on any atom is -0.444 e. The Morgan fingerprint density at radius 2 is 1.71 bits per heavy atom. The summed E-state index contributed by atoms with van der Waals surface area (Å²) in [6.07, 6.45) is 4.56. The third-order valence-electron chi connectivity index (χ3n) is 5.06. The Balaban J connectivity index is 1.75.